The Hall–Kier alpha value is -2.86. The topological polar surface area (TPSA) is 56.0 Å². The molecule has 0 radical (unpaired) electrons. The molecule has 0 atom stereocenters. The number of aromatic nitrogens is 1. The predicted molar refractivity (Wildman–Crippen MR) is 89.5 cm³/mol. The van der Waals surface area contributed by atoms with Crippen LogP contribution >= 0.6 is 11.3 Å². The SMILES string of the molecule is O=[N+]([O-])c1ccc(/C=C/c2nc(-c3ccc(F)cc3)cs2)cc1. The molecule has 23 heavy (non-hydrogen) atoms. The van der Waals surface area contributed by atoms with Gasteiger partial charge in [-0.2, -0.15) is 0 Å². The fourth-order valence-electron chi connectivity index (χ4n) is 1.99. The molecule has 1 aromatic heterocycles. The number of nitrogens with zero attached hydrogens (tertiary/aromatic N) is 2. The van der Waals surface area contributed by atoms with Crippen molar-refractivity contribution in [2.45, 2.75) is 0 Å². The first-order chi connectivity index (χ1) is 11.1. The summed E-state index contributed by atoms with van der Waals surface area (Å²) in [4.78, 5) is 14.7. The Morgan fingerprint density at radius 3 is 2.39 bits per heavy atom. The van der Waals surface area contributed by atoms with E-state index in [1.54, 1.807) is 24.3 Å². The third-order valence-electron chi connectivity index (χ3n) is 3.18. The highest BCUT2D eigenvalue weighted by Crippen LogP contribution is 2.23. The van der Waals surface area contributed by atoms with E-state index in [-0.39, 0.29) is 11.5 Å². The fourth-order valence-corrected chi connectivity index (χ4v) is 2.71. The molecule has 0 fully saturated rings. The van der Waals surface area contributed by atoms with Crippen LogP contribution in [0.4, 0.5) is 10.1 Å². The zero-order chi connectivity index (χ0) is 16.2. The van der Waals surface area contributed by atoms with E-state index in [1.165, 1.54) is 35.6 Å². The van der Waals surface area contributed by atoms with E-state index in [4.69, 9.17) is 0 Å². The van der Waals surface area contributed by atoms with Crippen LogP contribution in [0.1, 0.15) is 10.6 Å². The maximum absolute atomic E-state index is 12.9. The van der Waals surface area contributed by atoms with E-state index < -0.39 is 4.92 Å². The first-order valence-corrected chi connectivity index (χ1v) is 7.64. The molecule has 3 aromatic rings. The van der Waals surface area contributed by atoms with Crippen molar-refractivity contribution < 1.29 is 9.31 Å². The molecule has 0 spiro atoms. The third kappa shape index (κ3) is 3.67. The maximum atomic E-state index is 12.9. The highest BCUT2D eigenvalue weighted by atomic mass is 32.1. The summed E-state index contributed by atoms with van der Waals surface area (Å²) >= 11 is 1.48. The zero-order valence-electron chi connectivity index (χ0n) is 11.8. The standard InChI is InChI=1S/C17H11FN2O2S/c18-14-6-4-13(5-7-14)16-11-23-17(19-16)10-3-12-1-8-15(9-2-12)20(21)22/h1-11H/b10-3+. The Kier molecular flexibility index (Phi) is 4.25. The van der Waals surface area contributed by atoms with Crippen molar-refractivity contribution in [3.05, 3.63) is 80.4 Å². The number of halogens is 1. The average molecular weight is 326 g/mol. The first kappa shape index (κ1) is 15.1. The smallest absolute Gasteiger partial charge is 0.258 e. The number of thiazole rings is 1. The molecule has 1 heterocycles. The minimum Gasteiger partial charge on any atom is -0.258 e. The molecular formula is C17H11FN2O2S. The summed E-state index contributed by atoms with van der Waals surface area (Å²) in [7, 11) is 0. The van der Waals surface area contributed by atoms with Crippen LogP contribution in [-0.4, -0.2) is 9.91 Å². The van der Waals surface area contributed by atoms with Gasteiger partial charge in [0.05, 0.1) is 10.6 Å². The zero-order valence-corrected chi connectivity index (χ0v) is 12.7. The van der Waals surface area contributed by atoms with Crippen LogP contribution in [0.15, 0.2) is 53.9 Å². The lowest BCUT2D eigenvalue weighted by Crippen LogP contribution is -1.86. The minimum absolute atomic E-state index is 0.0648. The minimum atomic E-state index is -0.427. The van der Waals surface area contributed by atoms with Gasteiger partial charge in [0.1, 0.15) is 10.8 Å². The molecule has 0 aliphatic rings. The summed E-state index contributed by atoms with van der Waals surface area (Å²) in [6.07, 6.45) is 3.69. The molecule has 0 aliphatic carbocycles. The second-order valence-corrected chi connectivity index (χ2v) is 5.65. The summed E-state index contributed by atoms with van der Waals surface area (Å²) < 4.78 is 12.9. The first-order valence-electron chi connectivity index (χ1n) is 6.76. The van der Waals surface area contributed by atoms with Crippen molar-refractivity contribution in [3.8, 4) is 11.3 Å². The Bertz CT molecular complexity index is 855. The predicted octanol–water partition coefficient (Wildman–Crippen LogP) is 5.03. The summed E-state index contributed by atoms with van der Waals surface area (Å²) in [5.74, 6) is -0.276. The van der Waals surface area contributed by atoms with Crippen molar-refractivity contribution in [2.75, 3.05) is 0 Å². The maximum Gasteiger partial charge on any atom is 0.269 e. The van der Waals surface area contributed by atoms with Gasteiger partial charge in [0.15, 0.2) is 0 Å². The summed E-state index contributed by atoms with van der Waals surface area (Å²) in [6, 6.07) is 12.5. The third-order valence-corrected chi connectivity index (χ3v) is 3.99. The van der Waals surface area contributed by atoms with Gasteiger partial charge in [0, 0.05) is 23.1 Å². The second kappa shape index (κ2) is 6.50. The summed E-state index contributed by atoms with van der Waals surface area (Å²) in [6.45, 7) is 0. The van der Waals surface area contributed by atoms with Gasteiger partial charge in [0.2, 0.25) is 0 Å². The highest BCUT2D eigenvalue weighted by molar-refractivity contribution is 7.10. The van der Waals surface area contributed by atoms with Crippen molar-refractivity contribution in [1.82, 2.24) is 4.98 Å². The number of hydrogen-bond acceptors (Lipinski definition) is 4. The fraction of sp³-hybridized carbons (Fsp3) is 0. The lowest BCUT2D eigenvalue weighted by molar-refractivity contribution is -0.384. The van der Waals surface area contributed by atoms with Crippen molar-refractivity contribution >= 4 is 29.2 Å². The van der Waals surface area contributed by atoms with E-state index in [0.29, 0.717) is 0 Å². The molecule has 0 saturated carbocycles. The molecular weight excluding hydrogens is 315 g/mol. The Labute approximate surface area is 135 Å². The lowest BCUT2D eigenvalue weighted by Gasteiger charge is -1.95. The number of nitro benzene ring substituents is 1. The largest absolute Gasteiger partial charge is 0.269 e. The molecule has 0 aliphatic heterocycles. The summed E-state index contributed by atoms with van der Waals surface area (Å²) in [5.41, 5.74) is 2.57. The molecule has 0 amide bonds. The lowest BCUT2D eigenvalue weighted by atomic mass is 10.2. The van der Waals surface area contributed by atoms with Crippen LogP contribution in [0.2, 0.25) is 0 Å². The van der Waals surface area contributed by atoms with Gasteiger partial charge in [-0.15, -0.1) is 11.3 Å². The molecule has 0 bridgehead atoms. The van der Waals surface area contributed by atoms with E-state index in [0.717, 1.165) is 21.8 Å². The second-order valence-electron chi connectivity index (χ2n) is 4.76. The van der Waals surface area contributed by atoms with Gasteiger partial charge < -0.3 is 0 Å². The number of rotatable bonds is 4. The average Bonchev–Trinajstić information content (AvgIpc) is 3.03. The van der Waals surface area contributed by atoms with Crippen LogP contribution in [-0.2, 0) is 0 Å². The highest BCUT2D eigenvalue weighted by Gasteiger charge is 2.04. The molecule has 3 rings (SSSR count). The van der Waals surface area contributed by atoms with Gasteiger partial charge in [-0.05, 0) is 48.0 Å². The normalized spacial score (nSPS) is 11.0. The monoisotopic (exact) mass is 326 g/mol. The molecule has 0 N–H and O–H groups in total. The number of non-ortho nitro benzene ring substituents is 1. The van der Waals surface area contributed by atoms with Crippen LogP contribution in [0.3, 0.4) is 0 Å². The Balaban J connectivity index is 1.75. The van der Waals surface area contributed by atoms with Gasteiger partial charge in [-0.1, -0.05) is 6.08 Å². The van der Waals surface area contributed by atoms with Gasteiger partial charge in [0.25, 0.3) is 5.69 Å². The molecule has 0 unspecified atom stereocenters. The van der Waals surface area contributed by atoms with Gasteiger partial charge >= 0.3 is 0 Å². The number of hydrogen-bond donors (Lipinski definition) is 0. The van der Waals surface area contributed by atoms with E-state index in [9.17, 15) is 14.5 Å². The molecule has 0 saturated heterocycles. The Morgan fingerprint density at radius 2 is 1.74 bits per heavy atom. The number of benzene rings is 2. The number of nitro groups is 1. The molecule has 4 nitrogen and oxygen atoms in total. The van der Waals surface area contributed by atoms with Gasteiger partial charge in [-0.3, -0.25) is 10.1 Å². The molecule has 6 heteroatoms. The van der Waals surface area contributed by atoms with Crippen LogP contribution in [0.5, 0.6) is 0 Å². The van der Waals surface area contributed by atoms with E-state index in [1.807, 2.05) is 17.5 Å². The summed E-state index contributed by atoms with van der Waals surface area (Å²) in [5, 5.41) is 13.3. The van der Waals surface area contributed by atoms with Gasteiger partial charge in [-0.25, -0.2) is 9.37 Å². The van der Waals surface area contributed by atoms with E-state index >= 15 is 0 Å². The van der Waals surface area contributed by atoms with Crippen LogP contribution < -0.4 is 0 Å². The van der Waals surface area contributed by atoms with Crippen molar-refractivity contribution in [1.29, 1.82) is 0 Å². The Morgan fingerprint density at radius 1 is 1.04 bits per heavy atom. The van der Waals surface area contributed by atoms with Crippen molar-refractivity contribution in [2.24, 2.45) is 0 Å². The van der Waals surface area contributed by atoms with Crippen molar-refractivity contribution in [3.63, 3.8) is 0 Å². The quantitative estimate of drug-likeness (QED) is 0.499. The molecule has 114 valence electrons. The molecule has 2 aromatic carbocycles. The van der Waals surface area contributed by atoms with Crippen LogP contribution in [0, 0.1) is 15.9 Å². The van der Waals surface area contributed by atoms with Crippen LogP contribution in [0.25, 0.3) is 23.4 Å². The van der Waals surface area contributed by atoms with E-state index in [2.05, 4.69) is 4.98 Å².